The fourth-order valence-electron chi connectivity index (χ4n) is 1.98. The van der Waals surface area contributed by atoms with Crippen LogP contribution in [0.15, 0.2) is 0 Å². The van der Waals surface area contributed by atoms with E-state index in [1.807, 2.05) is 4.90 Å². The van der Waals surface area contributed by atoms with Crippen molar-refractivity contribution in [3.8, 4) is 0 Å². The third kappa shape index (κ3) is 2.34. The van der Waals surface area contributed by atoms with Gasteiger partial charge in [-0.05, 0) is 5.41 Å². The van der Waals surface area contributed by atoms with Crippen LogP contribution in [0.4, 0.5) is 0 Å². The van der Waals surface area contributed by atoms with Gasteiger partial charge in [-0.3, -0.25) is 9.59 Å². The van der Waals surface area contributed by atoms with Crippen LogP contribution in [-0.2, 0) is 9.59 Å². The SMILES string of the molecule is CC(=O)N1CCC(=O)CC1C(C)(C)C. The molecule has 80 valence electrons. The third-order valence-electron chi connectivity index (χ3n) is 2.83. The third-order valence-corrected chi connectivity index (χ3v) is 2.83. The molecular weight excluding hydrogens is 178 g/mol. The molecule has 3 heteroatoms. The maximum atomic E-state index is 11.4. The molecule has 0 aromatic heterocycles. The van der Waals surface area contributed by atoms with Gasteiger partial charge in [0.25, 0.3) is 0 Å². The zero-order chi connectivity index (χ0) is 10.9. The summed E-state index contributed by atoms with van der Waals surface area (Å²) in [7, 11) is 0. The van der Waals surface area contributed by atoms with Gasteiger partial charge in [-0.25, -0.2) is 0 Å². The van der Waals surface area contributed by atoms with E-state index in [2.05, 4.69) is 20.8 Å². The predicted octanol–water partition coefficient (Wildman–Crippen LogP) is 1.61. The van der Waals surface area contributed by atoms with Crippen molar-refractivity contribution in [3.63, 3.8) is 0 Å². The molecule has 1 aliphatic heterocycles. The average Bonchev–Trinajstić information content (AvgIpc) is 2.01. The lowest BCUT2D eigenvalue weighted by atomic mass is 9.80. The summed E-state index contributed by atoms with van der Waals surface area (Å²) in [6.45, 7) is 8.40. The van der Waals surface area contributed by atoms with Gasteiger partial charge in [-0.2, -0.15) is 0 Å². The Morgan fingerprint density at radius 2 is 2.00 bits per heavy atom. The van der Waals surface area contributed by atoms with Gasteiger partial charge in [0.15, 0.2) is 0 Å². The molecule has 0 N–H and O–H groups in total. The highest BCUT2D eigenvalue weighted by molar-refractivity contribution is 5.83. The first kappa shape index (κ1) is 11.2. The zero-order valence-corrected chi connectivity index (χ0v) is 9.46. The zero-order valence-electron chi connectivity index (χ0n) is 9.46. The van der Waals surface area contributed by atoms with Gasteiger partial charge in [-0.15, -0.1) is 0 Å². The van der Waals surface area contributed by atoms with Crippen molar-refractivity contribution in [2.45, 2.75) is 46.6 Å². The minimum atomic E-state index is -0.0122. The number of amides is 1. The van der Waals surface area contributed by atoms with E-state index in [9.17, 15) is 9.59 Å². The minimum absolute atomic E-state index is 0.0122. The highest BCUT2D eigenvalue weighted by Gasteiger charge is 2.36. The van der Waals surface area contributed by atoms with E-state index in [4.69, 9.17) is 0 Å². The van der Waals surface area contributed by atoms with Crippen molar-refractivity contribution >= 4 is 11.7 Å². The molecular formula is C11H19NO2. The second kappa shape index (κ2) is 3.71. The first-order chi connectivity index (χ1) is 6.32. The summed E-state index contributed by atoms with van der Waals surface area (Å²) in [5.74, 6) is 0.361. The molecule has 0 aliphatic carbocycles. The Labute approximate surface area is 85.5 Å². The monoisotopic (exact) mass is 197 g/mol. The van der Waals surface area contributed by atoms with Crippen molar-refractivity contribution < 1.29 is 9.59 Å². The van der Waals surface area contributed by atoms with Gasteiger partial charge in [0.05, 0.1) is 0 Å². The molecule has 1 rings (SSSR count). The average molecular weight is 197 g/mol. The van der Waals surface area contributed by atoms with E-state index in [1.54, 1.807) is 6.92 Å². The molecule has 0 bridgehead atoms. The fraction of sp³-hybridized carbons (Fsp3) is 0.818. The van der Waals surface area contributed by atoms with Crippen LogP contribution < -0.4 is 0 Å². The van der Waals surface area contributed by atoms with Crippen LogP contribution in [0, 0.1) is 5.41 Å². The van der Waals surface area contributed by atoms with Gasteiger partial charge in [-0.1, -0.05) is 20.8 Å². The molecule has 0 radical (unpaired) electrons. The summed E-state index contributed by atoms with van der Waals surface area (Å²) in [5, 5.41) is 0. The minimum Gasteiger partial charge on any atom is -0.339 e. The molecule has 3 nitrogen and oxygen atoms in total. The summed E-state index contributed by atoms with van der Waals surface area (Å²) in [5.41, 5.74) is -0.0122. The van der Waals surface area contributed by atoms with Gasteiger partial charge in [0, 0.05) is 32.4 Å². The number of likely N-dealkylation sites (tertiary alicyclic amines) is 1. The Morgan fingerprint density at radius 3 is 2.43 bits per heavy atom. The number of Topliss-reactive ketones (excluding diaryl/α,β-unsaturated/α-hetero) is 1. The lowest BCUT2D eigenvalue weighted by molar-refractivity contribution is -0.139. The van der Waals surface area contributed by atoms with E-state index in [-0.39, 0.29) is 23.1 Å². The van der Waals surface area contributed by atoms with Crippen LogP contribution in [0.5, 0.6) is 0 Å². The molecule has 1 saturated heterocycles. The summed E-state index contributed by atoms with van der Waals surface area (Å²) in [6, 6.07) is 0.0706. The Bertz CT molecular complexity index is 253. The largest absolute Gasteiger partial charge is 0.339 e. The Hall–Kier alpha value is -0.860. The molecule has 1 atom stereocenters. The van der Waals surface area contributed by atoms with E-state index in [0.717, 1.165) is 0 Å². The number of carbonyl (C=O) groups excluding carboxylic acids is 2. The lowest BCUT2D eigenvalue weighted by Crippen LogP contribution is -2.51. The number of piperidine rings is 1. The smallest absolute Gasteiger partial charge is 0.219 e. The summed E-state index contributed by atoms with van der Waals surface area (Å²) < 4.78 is 0. The number of rotatable bonds is 0. The quantitative estimate of drug-likeness (QED) is 0.591. The van der Waals surface area contributed by atoms with Crippen molar-refractivity contribution in [1.29, 1.82) is 0 Å². The lowest BCUT2D eigenvalue weighted by Gasteiger charge is -2.42. The Morgan fingerprint density at radius 1 is 1.43 bits per heavy atom. The van der Waals surface area contributed by atoms with E-state index >= 15 is 0 Å². The van der Waals surface area contributed by atoms with Crippen LogP contribution in [-0.4, -0.2) is 29.2 Å². The molecule has 1 unspecified atom stereocenters. The highest BCUT2D eigenvalue weighted by atomic mass is 16.2. The standard InChI is InChI=1S/C11H19NO2/c1-8(13)12-6-5-9(14)7-10(12)11(2,3)4/h10H,5-7H2,1-4H3. The second-order valence-corrected chi connectivity index (χ2v) is 5.09. The number of ketones is 1. The molecule has 0 aromatic carbocycles. The first-order valence-corrected chi connectivity index (χ1v) is 5.11. The Kier molecular flexibility index (Phi) is 2.98. The number of nitrogens with zero attached hydrogens (tertiary/aromatic N) is 1. The number of hydrogen-bond acceptors (Lipinski definition) is 2. The van der Waals surface area contributed by atoms with Crippen LogP contribution in [0.2, 0.25) is 0 Å². The summed E-state index contributed by atoms with van der Waals surface area (Å²) >= 11 is 0. The molecule has 0 aromatic rings. The first-order valence-electron chi connectivity index (χ1n) is 5.11. The number of carbonyl (C=O) groups is 2. The molecule has 1 amide bonds. The molecule has 0 saturated carbocycles. The number of hydrogen-bond donors (Lipinski definition) is 0. The molecule has 0 spiro atoms. The molecule has 1 aliphatic rings. The summed E-state index contributed by atoms with van der Waals surface area (Å²) in [6.07, 6.45) is 1.04. The van der Waals surface area contributed by atoms with Crippen molar-refractivity contribution in [2.75, 3.05) is 6.54 Å². The van der Waals surface area contributed by atoms with E-state index in [0.29, 0.717) is 19.4 Å². The van der Waals surface area contributed by atoms with Crippen molar-refractivity contribution in [3.05, 3.63) is 0 Å². The van der Waals surface area contributed by atoms with Crippen molar-refractivity contribution in [1.82, 2.24) is 4.90 Å². The predicted molar refractivity (Wildman–Crippen MR) is 54.9 cm³/mol. The van der Waals surface area contributed by atoms with Gasteiger partial charge >= 0.3 is 0 Å². The summed E-state index contributed by atoms with van der Waals surface area (Å²) in [4.78, 5) is 24.6. The van der Waals surface area contributed by atoms with E-state index in [1.165, 1.54) is 0 Å². The normalized spacial score (nSPS) is 23.9. The van der Waals surface area contributed by atoms with Gasteiger partial charge < -0.3 is 4.90 Å². The maximum Gasteiger partial charge on any atom is 0.219 e. The van der Waals surface area contributed by atoms with E-state index < -0.39 is 0 Å². The van der Waals surface area contributed by atoms with Crippen LogP contribution in [0.1, 0.15) is 40.5 Å². The fourth-order valence-corrected chi connectivity index (χ4v) is 1.98. The molecule has 1 heterocycles. The van der Waals surface area contributed by atoms with Gasteiger partial charge in [0.2, 0.25) is 5.91 Å². The van der Waals surface area contributed by atoms with Crippen LogP contribution >= 0.6 is 0 Å². The van der Waals surface area contributed by atoms with Crippen molar-refractivity contribution in [2.24, 2.45) is 5.41 Å². The topological polar surface area (TPSA) is 37.4 Å². The molecule has 1 fully saturated rings. The van der Waals surface area contributed by atoms with Crippen LogP contribution in [0.25, 0.3) is 0 Å². The highest BCUT2D eigenvalue weighted by Crippen LogP contribution is 2.30. The Balaban J connectivity index is 2.84. The second-order valence-electron chi connectivity index (χ2n) is 5.09. The van der Waals surface area contributed by atoms with Gasteiger partial charge in [0.1, 0.15) is 5.78 Å². The molecule has 14 heavy (non-hydrogen) atoms. The maximum absolute atomic E-state index is 11.4. The van der Waals surface area contributed by atoms with Crippen LogP contribution in [0.3, 0.4) is 0 Å².